The second-order valence-corrected chi connectivity index (χ2v) is 6.63. The van der Waals surface area contributed by atoms with Crippen molar-refractivity contribution >= 4 is 17.5 Å². The van der Waals surface area contributed by atoms with Gasteiger partial charge in [0.2, 0.25) is 5.91 Å². The molecule has 2 aromatic carbocycles. The Labute approximate surface area is 160 Å². The number of carbonyl (C=O) groups excluding carboxylic acids is 2. The van der Waals surface area contributed by atoms with E-state index < -0.39 is 0 Å². The summed E-state index contributed by atoms with van der Waals surface area (Å²) in [7, 11) is 1.61. The third-order valence-corrected chi connectivity index (χ3v) is 3.93. The highest BCUT2D eigenvalue weighted by molar-refractivity contribution is 6.00. The summed E-state index contributed by atoms with van der Waals surface area (Å²) in [5.41, 5.74) is 2.15. The van der Waals surface area contributed by atoms with Crippen LogP contribution in [0.2, 0.25) is 0 Å². The number of ether oxygens (including phenoxy) is 1. The molecule has 0 saturated heterocycles. The van der Waals surface area contributed by atoms with E-state index in [9.17, 15) is 9.59 Å². The van der Waals surface area contributed by atoms with Crippen LogP contribution in [0.15, 0.2) is 48.5 Å². The molecular weight excluding hydrogens is 342 g/mol. The molecule has 0 spiro atoms. The second-order valence-electron chi connectivity index (χ2n) is 6.63. The fourth-order valence-electron chi connectivity index (χ4n) is 2.41. The summed E-state index contributed by atoms with van der Waals surface area (Å²) >= 11 is 0. The molecule has 0 unspecified atom stereocenters. The minimum atomic E-state index is -0.150. The van der Waals surface area contributed by atoms with E-state index >= 15 is 0 Å². The Kier molecular flexibility index (Phi) is 7.67. The molecule has 0 radical (unpaired) electrons. The van der Waals surface area contributed by atoms with Crippen LogP contribution in [0.1, 0.15) is 29.8 Å². The van der Waals surface area contributed by atoms with Gasteiger partial charge in [-0.1, -0.05) is 38.1 Å². The fourth-order valence-corrected chi connectivity index (χ4v) is 2.41. The van der Waals surface area contributed by atoms with Gasteiger partial charge in [-0.2, -0.15) is 0 Å². The lowest BCUT2D eigenvalue weighted by molar-refractivity contribution is -0.119. The smallest absolute Gasteiger partial charge is 0.253 e. The molecular formula is C21H27N3O3. The lowest BCUT2D eigenvalue weighted by atomic mass is 10.1. The Hall–Kier alpha value is -3.02. The molecule has 0 aliphatic rings. The highest BCUT2D eigenvalue weighted by atomic mass is 16.5. The molecule has 144 valence electrons. The van der Waals surface area contributed by atoms with Gasteiger partial charge in [0.1, 0.15) is 5.75 Å². The van der Waals surface area contributed by atoms with E-state index in [0.717, 1.165) is 11.3 Å². The molecule has 0 saturated carbocycles. The molecule has 2 rings (SSSR count). The largest absolute Gasteiger partial charge is 0.497 e. The van der Waals surface area contributed by atoms with E-state index in [1.807, 2.05) is 44.2 Å². The zero-order valence-corrected chi connectivity index (χ0v) is 16.0. The van der Waals surface area contributed by atoms with Gasteiger partial charge in [0.05, 0.1) is 19.2 Å². The van der Waals surface area contributed by atoms with Crippen LogP contribution in [0.25, 0.3) is 0 Å². The number of benzene rings is 2. The van der Waals surface area contributed by atoms with Gasteiger partial charge < -0.3 is 20.7 Å². The van der Waals surface area contributed by atoms with Crippen LogP contribution in [0.5, 0.6) is 5.75 Å². The maximum atomic E-state index is 12.3. The zero-order valence-electron chi connectivity index (χ0n) is 16.0. The first-order valence-electron chi connectivity index (χ1n) is 9.00. The molecule has 0 aliphatic heterocycles. The molecule has 6 nitrogen and oxygen atoms in total. The van der Waals surface area contributed by atoms with Gasteiger partial charge in [-0.05, 0) is 35.7 Å². The summed E-state index contributed by atoms with van der Waals surface area (Å²) in [6.07, 6.45) is 0. The summed E-state index contributed by atoms with van der Waals surface area (Å²) in [6, 6.07) is 14.7. The Morgan fingerprint density at radius 1 is 1.00 bits per heavy atom. The van der Waals surface area contributed by atoms with E-state index in [4.69, 9.17) is 4.74 Å². The van der Waals surface area contributed by atoms with Gasteiger partial charge in [-0.3, -0.25) is 9.59 Å². The van der Waals surface area contributed by atoms with E-state index in [0.29, 0.717) is 30.3 Å². The Balaban J connectivity index is 1.86. The van der Waals surface area contributed by atoms with Crippen molar-refractivity contribution in [2.45, 2.75) is 20.4 Å². The Morgan fingerprint density at radius 2 is 1.70 bits per heavy atom. The van der Waals surface area contributed by atoms with Gasteiger partial charge in [-0.15, -0.1) is 0 Å². The van der Waals surface area contributed by atoms with Crippen LogP contribution in [-0.2, 0) is 11.3 Å². The standard InChI is InChI=1S/C21H27N3O3/c1-15(2)12-24-21(26)18-6-4-5-7-19(18)22-14-20(25)23-13-16-8-10-17(27-3)11-9-16/h4-11,15,22H,12-14H2,1-3H3,(H,23,25)(H,24,26). The van der Waals surface area contributed by atoms with Crippen molar-refractivity contribution in [2.75, 3.05) is 25.5 Å². The lowest BCUT2D eigenvalue weighted by Gasteiger charge is -2.13. The predicted molar refractivity (Wildman–Crippen MR) is 107 cm³/mol. The molecule has 2 aromatic rings. The van der Waals surface area contributed by atoms with Crippen LogP contribution in [0, 0.1) is 5.92 Å². The first kappa shape index (κ1) is 20.3. The van der Waals surface area contributed by atoms with E-state index in [1.54, 1.807) is 25.3 Å². The average molecular weight is 369 g/mol. The number of hydrogen-bond acceptors (Lipinski definition) is 4. The highest BCUT2D eigenvalue weighted by Crippen LogP contribution is 2.15. The second kappa shape index (κ2) is 10.2. The van der Waals surface area contributed by atoms with E-state index in [-0.39, 0.29) is 18.4 Å². The molecule has 0 atom stereocenters. The van der Waals surface area contributed by atoms with Crippen molar-refractivity contribution < 1.29 is 14.3 Å². The minimum absolute atomic E-state index is 0.0879. The Bertz CT molecular complexity index is 758. The summed E-state index contributed by atoms with van der Waals surface area (Å²) in [6.45, 7) is 5.20. The topological polar surface area (TPSA) is 79.5 Å². The molecule has 0 fully saturated rings. The molecule has 0 bridgehead atoms. The first-order chi connectivity index (χ1) is 13.0. The monoisotopic (exact) mass is 369 g/mol. The van der Waals surface area contributed by atoms with Gasteiger partial charge >= 0.3 is 0 Å². The molecule has 27 heavy (non-hydrogen) atoms. The number of methoxy groups -OCH3 is 1. The molecule has 3 N–H and O–H groups in total. The highest BCUT2D eigenvalue weighted by Gasteiger charge is 2.12. The number of para-hydroxylation sites is 1. The third kappa shape index (κ3) is 6.66. The predicted octanol–water partition coefficient (Wildman–Crippen LogP) is 2.81. The van der Waals surface area contributed by atoms with Crippen LogP contribution >= 0.6 is 0 Å². The van der Waals surface area contributed by atoms with Gasteiger partial charge in [0.25, 0.3) is 5.91 Å². The van der Waals surface area contributed by atoms with Crippen molar-refractivity contribution in [2.24, 2.45) is 5.92 Å². The van der Waals surface area contributed by atoms with Crippen LogP contribution in [0.3, 0.4) is 0 Å². The summed E-state index contributed by atoms with van der Waals surface area (Å²) in [4.78, 5) is 24.4. The summed E-state index contributed by atoms with van der Waals surface area (Å²) in [5, 5.41) is 8.79. The molecule has 6 heteroatoms. The number of amides is 2. The minimum Gasteiger partial charge on any atom is -0.497 e. The number of rotatable bonds is 9. The maximum absolute atomic E-state index is 12.3. The first-order valence-corrected chi connectivity index (χ1v) is 9.00. The van der Waals surface area contributed by atoms with Gasteiger partial charge in [0.15, 0.2) is 0 Å². The maximum Gasteiger partial charge on any atom is 0.253 e. The number of hydrogen-bond donors (Lipinski definition) is 3. The summed E-state index contributed by atoms with van der Waals surface area (Å²) in [5.74, 6) is 0.852. The number of nitrogens with one attached hydrogen (secondary N) is 3. The van der Waals surface area contributed by atoms with E-state index in [1.165, 1.54) is 0 Å². The van der Waals surface area contributed by atoms with Crippen molar-refractivity contribution in [3.05, 3.63) is 59.7 Å². The fraction of sp³-hybridized carbons (Fsp3) is 0.333. The lowest BCUT2D eigenvalue weighted by Crippen LogP contribution is -2.31. The van der Waals surface area contributed by atoms with E-state index in [2.05, 4.69) is 16.0 Å². The molecule has 0 aliphatic carbocycles. The van der Waals surface area contributed by atoms with Gasteiger partial charge in [-0.25, -0.2) is 0 Å². The van der Waals surface area contributed by atoms with Crippen molar-refractivity contribution in [1.29, 1.82) is 0 Å². The zero-order chi connectivity index (χ0) is 19.6. The number of anilines is 1. The number of carbonyl (C=O) groups is 2. The quantitative estimate of drug-likeness (QED) is 0.635. The molecule has 0 aromatic heterocycles. The average Bonchev–Trinajstić information content (AvgIpc) is 2.69. The molecule has 0 heterocycles. The van der Waals surface area contributed by atoms with Crippen molar-refractivity contribution in [3.8, 4) is 5.75 Å². The van der Waals surface area contributed by atoms with Gasteiger partial charge in [0, 0.05) is 18.8 Å². The Morgan fingerprint density at radius 3 is 2.37 bits per heavy atom. The molecule has 2 amide bonds. The van der Waals surface area contributed by atoms with Crippen molar-refractivity contribution in [1.82, 2.24) is 10.6 Å². The SMILES string of the molecule is COc1ccc(CNC(=O)CNc2ccccc2C(=O)NCC(C)C)cc1. The van der Waals surface area contributed by atoms with Crippen LogP contribution < -0.4 is 20.7 Å². The van der Waals surface area contributed by atoms with Crippen LogP contribution in [0.4, 0.5) is 5.69 Å². The third-order valence-electron chi connectivity index (χ3n) is 3.93. The van der Waals surface area contributed by atoms with Crippen LogP contribution in [-0.4, -0.2) is 32.0 Å². The summed E-state index contributed by atoms with van der Waals surface area (Å²) < 4.78 is 5.11. The van der Waals surface area contributed by atoms with Crippen molar-refractivity contribution in [3.63, 3.8) is 0 Å². The normalized spacial score (nSPS) is 10.4.